The zero-order valence-corrected chi connectivity index (χ0v) is 31.5. The van der Waals surface area contributed by atoms with Crippen molar-refractivity contribution in [1.82, 2.24) is 26.2 Å². The molecular weight excluding hydrogens is 658 g/mol. The fourth-order valence-electron chi connectivity index (χ4n) is 6.65. The number of hydrogen-bond acceptors (Lipinski definition) is 10. The van der Waals surface area contributed by atoms with Crippen LogP contribution in [-0.4, -0.2) is 111 Å². The molecule has 1 heterocycles. The SMILES string of the molecule is CCCCCC[C@H]1OC(=O)CNC(=O)[C@H](COCCCN)NC(=O)[C@H](CN)NC(=O)[C@H](C2CCCCC2)NC(=O)[C@H](CC(C)C)N(C)C(=O)[C@@H]1C. The summed E-state index contributed by atoms with van der Waals surface area (Å²) in [6, 6.07) is -4.37. The molecule has 0 spiro atoms. The van der Waals surface area contributed by atoms with Crippen LogP contribution in [-0.2, 0) is 38.2 Å². The van der Waals surface area contributed by atoms with Crippen LogP contribution in [0.1, 0.15) is 105 Å². The molecule has 292 valence electrons. The van der Waals surface area contributed by atoms with Crippen molar-refractivity contribution in [2.45, 2.75) is 135 Å². The average Bonchev–Trinajstić information content (AvgIpc) is 3.11. The molecular formula is C36H65N7O8. The van der Waals surface area contributed by atoms with Gasteiger partial charge >= 0.3 is 5.97 Å². The van der Waals surface area contributed by atoms with E-state index >= 15 is 0 Å². The van der Waals surface area contributed by atoms with Gasteiger partial charge in [-0.2, -0.15) is 0 Å². The molecule has 1 aliphatic carbocycles. The molecule has 0 aromatic heterocycles. The number of carbonyl (C=O) groups excluding carboxylic acids is 6. The smallest absolute Gasteiger partial charge is 0.325 e. The van der Waals surface area contributed by atoms with E-state index in [1.807, 2.05) is 13.8 Å². The fourth-order valence-corrected chi connectivity index (χ4v) is 6.65. The zero-order chi connectivity index (χ0) is 37.9. The summed E-state index contributed by atoms with van der Waals surface area (Å²) in [5, 5.41) is 10.8. The molecule has 2 fully saturated rings. The highest BCUT2D eigenvalue weighted by molar-refractivity contribution is 5.96. The maximum absolute atomic E-state index is 14.1. The Bertz CT molecular complexity index is 1130. The molecule has 1 saturated carbocycles. The first-order valence-corrected chi connectivity index (χ1v) is 19.0. The van der Waals surface area contributed by atoms with Gasteiger partial charge in [0.15, 0.2) is 0 Å². The van der Waals surface area contributed by atoms with Crippen molar-refractivity contribution in [3.8, 4) is 0 Å². The molecule has 0 aromatic rings. The molecule has 1 aliphatic heterocycles. The third-order valence-corrected chi connectivity index (χ3v) is 9.77. The first-order valence-electron chi connectivity index (χ1n) is 19.0. The first-order chi connectivity index (χ1) is 24.3. The van der Waals surface area contributed by atoms with Crippen molar-refractivity contribution in [1.29, 1.82) is 0 Å². The Labute approximate surface area is 303 Å². The van der Waals surface area contributed by atoms with E-state index in [4.69, 9.17) is 20.9 Å². The van der Waals surface area contributed by atoms with Crippen LogP contribution in [0, 0.1) is 17.8 Å². The second-order valence-electron chi connectivity index (χ2n) is 14.4. The lowest BCUT2D eigenvalue weighted by Gasteiger charge is -2.36. The van der Waals surface area contributed by atoms with E-state index in [0.29, 0.717) is 45.1 Å². The second kappa shape index (κ2) is 23.3. The number of cyclic esters (lactones) is 1. The molecule has 2 aliphatic rings. The van der Waals surface area contributed by atoms with Crippen molar-refractivity contribution < 1.29 is 38.2 Å². The van der Waals surface area contributed by atoms with Gasteiger partial charge in [0.1, 0.15) is 36.8 Å². The summed E-state index contributed by atoms with van der Waals surface area (Å²) in [5.74, 6) is -4.59. The zero-order valence-electron chi connectivity index (χ0n) is 31.5. The standard InChI is InChI=1S/C36H65N7O8/c1-6-7-8-12-16-29-24(4)36(49)43(5)28(19-23(2)3)34(47)42-31(25-14-10-9-11-15-25)35(48)40-26(20-38)33(46)41-27(22-50-18-13-17-37)32(45)39-21-30(44)51-29/h23-29,31H,6-22,37-38H2,1-5H3,(H,39,45)(H,40,48)(H,41,46)(H,42,47)/t24-,26+,27+,28+,29-,31+/m1/s1. The van der Waals surface area contributed by atoms with Gasteiger partial charge in [0.25, 0.3) is 0 Å². The largest absolute Gasteiger partial charge is 0.460 e. The van der Waals surface area contributed by atoms with Crippen LogP contribution in [0.3, 0.4) is 0 Å². The highest BCUT2D eigenvalue weighted by atomic mass is 16.5. The quantitative estimate of drug-likeness (QED) is 0.110. The van der Waals surface area contributed by atoms with E-state index in [0.717, 1.165) is 38.5 Å². The van der Waals surface area contributed by atoms with E-state index in [-0.39, 0.29) is 37.5 Å². The number of rotatable bonds is 14. The minimum absolute atomic E-state index is 0.0266. The van der Waals surface area contributed by atoms with E-state index in [2.05, 4.69) is 28.2 Å². The summed E-state index contributed by atoms with van der Waals surface area (Å²) in [5.41, 5.74) is 11.5. The molecule has 0 bridgehead atoms. The molecule has 8 N–H and O–H groups in total. The lowest BCUT2D eigenvalue weighted by atomic mass is 9.83. The average molecular weight is 724 g/mol. The minimum Gasteiger partial charge on any atom is -0.460 e. The molecule has 15 heteroatoms. The molecule has 0 radical (unpaired) electrons. The van der Waals surface area contributed by atoms with Gasteiger partial charge in [0, 0.05) is 20.2 Å². The number of hydrogen-bond donors (Lipinski definition) is 6. The summed E-state index contributed by atoms with van der Waals surface area (Å²) in [6.07, 6.45) is 8.22. The van der Waals surface area contributed by atoms with E-state index in [1.54, 1.807) is 14.0 Å². The van der Waals surface area contributed by atoms with E-state index < -0.39 is 72.3 Å². The summed E-state index contributed by atoms with van der Waals surface area (Å²) in [6.45, 7) is 7.21. The number of esters is 1. The third-order valence-electron chi connectivity index (χ3n) is 9.77. The van der Waals surface area contributed by atoms with Crippen molar-refractivity contribution in [2.24, 2.45) is 29.2 Å². The van der Waals surface area contributed by atoms with Crippen molar-refractivity contribution >= 4 is 35.5 Å². The van der Waals surface area contributed by atoms with Crippen molar-refractivity contribution in [3.05, 3.63) is 0 Å². The molecule has 15 nitrogen and oxygen atoms in total. The van der Waals surface area contributed by atoms with Crippen molar-refractivity contribution in [2.75, 3.05) is 39.9 Å². The van der Waals surface area contributed by atoms with Crippen LogP contribution in [0.5, 0.6) is 0 Å². The Balaban J connectivity index is 2.54. The summed E-state index contributed by atoms with van der Waals surface area (Å²) in [7, 11) is 1.56. The fraction of sp³-hybridized carbons (Fsp3) is 0.833. The minimum atomic E-state index is -1.24. The molecule has 1 saturated heterocycles. The number of nitrogens with zero attached hydrogens (tertiary/aromatic N) is 1. The molecule has 6 atom stereocenters. The van der Waals surface area contributed by atoms with Crippen LogP contribution in [0.2, 0.25) is 0 Å². The van der Waals surface area contributed by atoms with Gasteiger partial charge in [0.05, 0.1) is 12.5 Å². The molecule has 5 amide bonds. The van der Waals surface area contributed by atoms with Gasteiger partial charge in [-0.15, -0.1) is 0 Å². The summed E-state index contributed by atoms with van der Waals surface area (Å²) < 4.78 is 11.4. The van der Waals surface area contributed by atoms with Crippen LogP contribution in [0.4, 0.5) is 0 Å². The van der Waals surface area contributed by atoms with Gasteiger partial charge in [-0.25, -0.2) is 0 Å². The van der Waals surface area contributed by atoms with Crippen LogP contribution < -0.4 is 32.7 Å². The second-order valence-corrected chi connectivity index (χ2v) is 14.4. The van der Waals surface area contributed by atoms with Gasteiger partial charge in [-0.05, 0) is 56.9 Å². The normalized spacial score (nSPS) is 27.1. The Morgan fingerprint density at radius 3 is 2.18 bits per heavy atom. The first kappa shape index (κ1) is 43.9. The monoisotopic (exact) mass is 723 g/mol. The third kappa shape index (κ3) is 14.7. The highest BCUT2D eigenvalue weighted by Crippen LogP contribution is 2.28. The summed E-state index contributed by atoms with van der Waals surface area (Å²) in [4.78, 5) is 83.4. The van der Waals surface area contributed by atoms with Gasteiger partial charge in [-0.3, -0.25) is 28.8 Å². The Morgan fingerprint density at radius 2 is 1.55 bits per heavy atom. The number of amides is 5. The number of likely N-dealkylation sites (N-methyl/N-ethyl adjacent to an activating group) is 1. The molecule has 2 rings (SSSR count). The van der Waals surface area contributed by atoms with Gasteiger partial charge < -0.3 is 47.1 Å². The van der Waals surface area contributed by atoms with Crippen LogP contribution >= 0.6 is 0 Å². The maximum atomic E-state index is 14.1. The predicted octanol–water partition coefficient (Wildman–Crippen LogP) is 0.866. The van der Waals surface area contributed by atoms with Gasteiger partial charge in [0.2, 0.25) is 29.5 Å². The number of nitrogens with one attached hydrogen (secondary N) is 4. The number of carbonyl (C=O) groups is 6. The van der Waals surface area contributed by atoms with E-state index in [1.165, 1.54) is 4.90 Å². The molecule has 0 aromatic carbocycles. The predicted molar refractivity (Wildman–Crippen MR) is 193 cm³/mol. The number of nitrogens with two attached hydrogens (primary N) is 2. The number of ether oxygens (including phenoxy) is 2. The Kier molecular flexibility index (Phi) is 20.0. The highest BCUT2D eigenvalue weighted by Gasteiger charge is 2.39. The topological polar surface area (TPSA) is 224 Å². The van der Waals surface area contributed by atoms with Crippen LogP contribution in [0.25, 0.3) is 0 Å². The number of unbranched alkanes of at least 4 members (excludes halogenated alkanes) is 3. The van der Waals surface area contributed by atoms with Crippen LogP contribution in [0.15, 0.2) is 0 Å². The maximum Gasteiger partial charge on any atom is 0.325 e. The van der Waals surface area contributed by atoms with Gasteiger partial charge in [-0.1, -0.05) is 66.2 Å². The Morgan fingerprint density at radius 1 is 0.863 bits per heavy atom. The molecule has 51 heavy (non-hydrogen) atoms. The summed E-state index contributed by atoms with van der Waals surface area (Å²) >= 11 is 0. The van der Waals surface area contributed by atoms with Crippen molar-refractivity contribution in [3.63, 3.8) is 0 Å². The lowest BCUT2D eigenvalue weighted by molar-refractivity contribution is -0.157. The molecule has 0 unspecified atom stereocenters. The lowest BCUT2D eigenvalue weighted by Crippen LogP contribution is -2.62. The van der Waals surface area contributed by atoms with E-state index in [9.17, 15) is 28.8 Å². The Hall–Kier alpha value is -3.30.